The Bertz CT molecular complexity index is 439. The van der Waals surface area contributed by atoms with Crippen molar-refractivity contribution in [2.45, 2.75) is 51.2 Å². The van der Waals surface area contributed by atoms with Crippen LogP contribution in [0.4, 0.5) is 4.39 Å². The summed E-state index contributed by atoms with van der Waals surface area (Å²) in [5.41, 5.74) is 2.87. The molecule has 0 amide bonds. The number of nitrogens with zero attached hydrogens (tertiary/aromatic N) is 1. The van der Waals surface area contributed by atoms with Crippen molar-refractivity contribution in [1.82, 2.24) is 10.4 Å². The lowest BCUT2D eigenvalue weighted by atomic mass is 9.73. The first kappa shape index (κ1) is 15.4. The van der Waals surface area contributed by atoms with E-state index < -0.39 is 5.60 Å². The van der Waals surface area contributed by atoms with Gasteiger partial charge in [-0.05, 0) is 31.7 Å². The first-order valence-corrected chi connectivity index (χ1v) is 7.32. The highest BCUT2D eigenvalue weighted by Crippen LogP contribution is 2.43. The third-order valence-corrected chi connectivity index (χ3v) is 4.23. The predicted octanol–water partition coefficient (Wildman–Crippen LogP) is 2.71. The van der Waals surface area contributed by atoms with Gasteiger partial charge in [-0.3, -0.25) is 10.8 Å². The highest BCUT2D eigenvalue weighted by molar-refractivity contribution is 5.22. The average Bonchev–Trinajstić information content (AvgIpc) is 2.42. The molecule has 1 aliphatic rings. The molecule has 0 aromatic carbocycles. The summed E-state index contributed by atoms with van der Waals surface area (Å²) in [6.07, 6.45) is 6.86. The lowest BCUT2D eigenvalue weighted by Crippen LogP contribution is -2.51. The van der Waals surface area contributed by atoms with Crippen molar-refractivity contribution in [2.75, 3.05) is 6.61 Å². The van der Waals surface area contributed by atoms with Crippen LogP contribution in [0.2, 0.25) is 0 Å². The van der Waals surface area contributed by atoms with E-state index in [2.05, 4.69) is 17.3 Å². The zero-order chi connectivity index (χ0) is 14.6. The summed E-state index contributed by atoms with van der Waals surface area (Å²) in [6, 6.07) is 1.33. The van der Waals surface area contributed by atoms with Crippen LogP contribution >= 0.6 is 0 Å². The van der Waals surface area contributed by atoms with Gasteiger partial charge in [0.25, 0.3) is 0 Å². The molecule has 0 spiro atoms. The molecule has 4 nitrogen and oxygen atoms in total. The molecule has 0 aliphatic heterocycles. The Balaban J connectivity index is 2.37. The molecule has 1 aromatic heterocycles. The van der Waals surface area contributed by atoms with Crippen molar-refractivity contribution in [3.8, 4) is 0 Å². The molecule has 3 atom stereocenters. The van der Waals surface area contributed by atoms with Gasteiger partial charge in [-0.25, -0.2) is 9.82 Å². The fourth-order valence-corrected chi connectivity index (χ4v) is 3.45. The topological polar surface area (TPSA) is 60.2 Å². The van der Waals surface area contributed by atoms with Crippen LogP contribution in [0.15, 0.2) is 18.5 Å². The van der Waals surface area contributed by atoms with E-state index in [9.17, 15) is 4.39 Å². The molecular formula is C15H24FN3O. The lowest BCUT2D eigenvalue weighted by Gasteiger charge is -2.45. The first-order chi connectivity index (χ1) is 9.63. The van der Waals surface area contributed by atoms with E-state index in [-0.39, 0.29) is 11.9 Å². The third kappa shape index (κ3) is 3.00. The van der Waals surface area contributed by atoms with Gasteiger partial charge in [-0.15, -0.1) is 0 Å². The third-order valence-electron chi connectivity index (χ3n) is 4.23. The largest absolute Gasteiger partial charge is 0.373 e. The summed E-state index contributed by atoms with van der Waals surface area (Å²) >= 11 is 0. The predicted molar refractivity (Wildman–Crippen MR) is 76.2 cm³/mol. The van der Waals surface area contributed by atoms with Crippen molar-refractivity contribution in [3.05, 3.63) is 29.8 Å². The number of hydrogen-bond donors (Lipinski definition) is 2. The van der Waals surface area contributed by atoms with Gasteiger partial charge in [0.05, 0.1) is 17.8 Å². The molecule has 0 saturated heterocycles. The number of pyridine rings is 1. The summed E-state index contributed by atoms with van der Waals surface area (Å²) in [7, 11) is 0. The Morgan fingerprint density at radius 1 is 1.65 bits per heavy atom. The van der Waals surface area contributed by atoms with Gasteiger partial charge < -0.3 is 4.74 Å². The van der Waals surface area contributed by atoms with Crippen molar-refractivity contribution < 1.29 is 9.13 Å². The molecule has 1 heterocycles. The number of halogens is 1. The highest BCUT2D eigenvalue weighted by Gasteiger charge is 2.44. The maximum atomic E-state index is 14.1. The van der Waals surface area contributed by atoms with Crippen LogP contribution in [0.1, 0.15) is 51.1 Å². The molecule has 3 N–H and O–H groups in total. The molecular weight excluding hydrogens is 257 g/mol. The number of ether oxygens (including phenoxy) is 1. The van der Waals surface area contributed by atoms with E-state index in [0.29, 0.717) is 18.1 Å². The number of hydrogen-bond acceptors (Lipinski definition) is 4. The van der Waals surface area contributed by atoms with Crippen LogP contribution in [-0.4, -0.2) is 17.2 Å². The van der Waals surface area contributed by atoms with Gasteiger partial charge in [0.1, 0.15) is 5.82 Å². The molecule has 5 heteroatoms. The smallest absolute Gasteiger partial charge is 0.146 e. The second kappa shape index (κ2) is 6.61. The van der Waals surface area contributed by atoms with Crippen LogP contribution in [0.5, 0.6) is 0 Å². The Morgan fingerprint density at radius 3 is 3.05 bits per heavy atom. The van der Waals surface area contributed by atoms with E-state index in [1.54, 1.807) is 12.3 Å². The number of nitrogens with one attached hydrogen (secondary N) is 1. The number of aromatic nitrogens is 1. The summed E-state index contributed by atoms with van der Waals surface area (Å²) in [5.74, 6) is 5.96. The molecule has 1 aromatic rings. The van der Waals surface area contributed by atoms with E-state index >= 15 is 0 Å². The summed E-state index contributed by atoms with van der Waals surface area (Å²) in [6.45, 7) is 4.78. The van der Waals surface area contributed by atoms with Gasteiger partial charge in [0.15, 0.2) is 0 Å². The van der Waals surface area contributed by atoms with Gasteiger partial charge >= 0.3 is 0 Å². The average molecular weight is 281 g/mol. The van der Waals surface area contributed by atoms with Crippen molar-refractivity contribution >= 4 is 0 Å². The Morgan fingerprint density at radius 2 is 2.45 bits per heavy atom. The van der Waals surface area contributed by atoms with Crippen LogP contribution < -0.4 is 11.3 Å². The molecule has 0 bridgehead atoms. The van der Waals surface area contributed by atoms with E-state index in [0.717, 1.165) is 19.3 Å². The second-order valence-electron chi connectivity index (χ2n) is 5.70. The fourth-order valence-electron chi connectivity index (χ4n) is 3.45. The fraction of sp³-hybridized carbons (Fsp3) is 0.667. The lowest BCUT2D eigenvalue weighted by molar-refractivity contribution is -0.102. The van der Waals surface area contributed by atoms with Gasteiger partial charge in [0.2, 0.25) is 0 Å². The molecule has 20 heavy (non-hydrogen) atoms. The zero-order valence-corrected chi connectivity index (χ0v) is 12.2. The monoisotopic (exact) mass is 281 g/mol. The number of nitrogens with two attached hydrogens (primary N) is 1. The van der Waals surface area contributed by atoms with Gasteiger partial charge in [-0.2, -0.15) is 0 Å². The molecule has 0 radical (unpaired) electrons. The first-order valence-electron chi connectivity index (χ1n) is 7.32. The van der Waals surface area contributed by atoms with Crippen molar-refractivity contribution in [3.63, 3.8) is 0 Å². The SMILES string of the molecule is CCOC1(C(NN)c2ccncc2F)CCCC(C)C1. The van der Waals surface area contributed by atoms with Crippen molar-refractivity contribution in [1.29, 1.82) is 0 Å². The number of rotatable bonds is 5. The Labute approximate surface area is 119 Å². The summed E-state index contributed by atoms with van der Waals surface area (Å²) in [4.78, 5) is 3.81. The van der Waals surface area contributed by atoms with Crippen LogP contribution in [0.25, 0.3) is 0 Å². The maximum absolute atomic E-state index is 14.1. The quantitative estimate of drug-likeness (QED) is 0.643. The van der Waals surface area contributed by atoms with E-state index in [1.807, 2.05) is 6.92 Å². The van der Waals surface area contributed by atoms with Crippen molar-refractivity contribution in [2.24, 2.45) is 11.8 Å². The van der Waals surface area contributed by atoms with Crippen LogP contribution in [0.3, 0.4) is 0 Å². The van der Waals surface area contributed by atoms with Gasteiger partial charge in [0, 0.05) is 18.4 Å². The number of hydrazine groups is 1. The van der Waals surface area contributed by atoms with Crippen LogP contribution in [0, 0.1) is 11.7 Å². The molecule has 1 saturated carbocycles. The van der Waals surface area contributed by atoms with Gasteiger partial charge in [-0.1, -0.05) is 19.8 Å². The molecule has 2 rings (SSSR count). The highest BCUT2D eigenvalue weighted by atomic mass is 19.1. The Kier molecular flexibility index (Phi) is 5.07. The summed E-state index contributed by atoms with van der Waals surface area (Å²) in [5, 5.41) is 0. The minimum absolute atomic E-state index is 0.340. The molecule has 3 unspecified atom stereocenters. The standard InChI is InChI=1S/C15H24FN3O/c1-3-20-15(7-4-5-11(2)9-15)14(19-17)12-6-8-18-10-13(12)16/h6,8,10-11,14,19H,3-5,7,9,17H2,1-2H3. The molecule has 1 fully saturated rings. The zero-order valence-electron chi connectivity index (χ0n) is 12.2. The second-order valence-corrected chi connectivity index (χ2v) is 5.70. The van der Waals surface area contributed by atoms with Crippen LogP contribution in [-0.2, 0) is 4.74 Å². The molecule has 1 aliphatic carbocycles. The summed E-state index contributed by atoms with van der Waals surface area (Å²) < 4.78 is 20.1. The minimum atomic E-state index is -0.441. The van der Waals surface area contributed by atoms with E-state index in [4.69, 9.17) is 10.6 Å². The Hall–Kier alpha value is -1.04. The molecule has 112 valence electrons. The maximum Gasteiger partial charge on any atom is 0.146 e. The normalized spacial score (nSPS) is 28.3. The minimum Gasteiger partial charge on any atom is -0.373 e. The van der Waals surface area contributed by atoms with E-state index in [1.165, 1.54) is 12.6 Å².